The molecule has 0 spiro atoms. The monoisotopic (exact) mass is 293 g/mol. The summed E-state index contributed by atoms with van der Waals surface area (Å²) in [5.41, 5.74) is 6.86. The van der Waals surface area contributed by atoms with Crippen LogP contribution in [0.3, 0.4) is 0 Å². The number of carbonyl (C=O) groups is 1. The van der Waals surface area contributed by atoms with Gasteiger partial charge in [0.1, 0.15) is 5.82 Å². The van der Waals surface area contributed by atoms with Crippen molar-refractivity contribution >= 4 is 5.91 Å². The second-order valence-electron chi connectivity index (χ2n) is 5.63. The molecule has 1 atom stereocenters. The molecule has 0 aromatic heterocycles. The fourth-order valence-corrected chi connectivity index (χ4v) is 2.69. The van der Waals surface area contributed by atoms with Crippen molar-refractivity contribution < 1.29 is 9.18 Å². The average molecular weight is 293 g/mol. The maximum atomic E-state index is 13.2. The van der Waals surface area contributed by atoms with Crippen molar-refractivity contribution in [1.82, 2.24) is 9.80 Å². The van der Waals surface area contributed by atoms with Gasteiger partial charge in [-0.3, -0.25) is 9.69 Å². The Hall–Kier alpha value is -1.46. The van der Waals surface area contributed by atoms with Crippen LogP contribution in [-0.4, -0.2) is 47.9 Å². The van der Waals surface area contributed by atoms with Gasteiger partial charge in [-0.05, 0) is 24.1 Å². The van der Waals surface area contributed by atoms with Gasteiger partial charge in [0.2, 0.25) is 5.91 Å². The third-order valence-electron chi connectivity index (χ3n) is 3.90. The van der Waals surface area contributed by atoms with Crippen LogP contribution in [0.1, 0.15) is 25.3 Å². The zero-order chi connectivity index (χ0) is 15.2. The maximum absolute atomic E-state index is 13.2. The molecule has 1 aromatic rings. The van der Waals surface area contributed by atoms with E-state index in [1.54, 1.807) is 12.1 Å². The Labute approximate surface area is 125 Å². The Morgan fingerprint density at radius 2 is 2.05 bits per heavy atom. The highest BCUT2D eigenvalue weighted by Gasteiger charge is 2.24. The summed E-state index contributed by atoms with van der Waals surface area (Å²) in [5, 5.41) is 0. The Kier molecular flexibility index (Phi) is 5.70. The number of benzene rings is 1. The van der Waals surface area contributed by atoms with Gasteiger partial charge in [-0.2, -0.15) is 0 Å². The Morgan fingerprint density at radius 3 is 2.67 bits per heavy atom. The summed E-state index contributed by atoms with van der Waals surface area (Å²) in [6.07, 6.45) is 1.66. The molecule has 1 aliphatic rings. The molecular weight excluding hydrogens is 269 g/mol. The molecule has 1 heterocycles. The molecule has 2 N–H and O–H groups in total. The third kappa shape index (κ3) is 4.51. The topological polar surface area (TPSA) is 49.6 Å². The van der Waals surface area contributed by atoms with Crippen LogP contribution in [0.4, 0.5) is 4.39 Å². The lowest BCUT2D eigenvalue weighted by atomic mass is 10.1. The predicted octanol–water partition coefficient (Wildman–Crippen LogP) is 1.60. The molecule has 2 rings (SSSR count). The van der Waals surface area contributed by atoms with Crippen LogP contribution in [0.2, 0.25) is 0 Å². The SMILES string of the molecule is CCCC(N)C(=O)N1CCN(Cc2cccc(F)c2)CC1. The number of carbonyl (C=O) groups excluding carboxylic acids is 1. The lowest BCUT2D eigenvalue weighted by Gasteiger charge is -2.35. The minimum Gasteiger partial charge on any atom is -0.339 e. The summed E-state index contributed by atoms with van der Waals surface area (Å²) in [7, 11) is 0. The van der Waals surface area contributed by atoms with Gasteiger partial charge in [0.05, 0.1) is 6.04 Å². The van der Waals surface area contributed by atoms with Crippen molar-refractivity contribution in [2.75, 3.05) is 26.2 Å². The molecule has 1 aliphatic heterocycles. The quantitative estimate of drug-likeness (QED) is 0.897. The fourth-order valence-electron chi connectivity index (χ4n) is 2.69. The van der Waals surface area contributed by atoms with Gasteiger partial charge < -0.3 is 10.6 Å². The number of halogens is 1. The molecule has 1 aromatic carbocycles. The number of amides is 1. The Morgan fingerprint density at radius 1 is 1.33 bits per heavy atom. The lowest BCUT2D eigenvalue weighted by molar-refractivity contribution is -0.134. The van der Waals surface area contributed by atoms with E-state index >= 15 is 0 Å². The van der Waals surface area contributed by atoms with Crippen LogP contribution < -0.4 is 5.73 Å². The van der Waals surface area contributed by atoms with Gasteiger partial charge in [-0.25, -0.2) is 4.39 Å². The van der Waals surface area contributed by atoms with E-state index in [-0.39, 0.29) is 17.8 Å². The van der Waals surface area contributed by atoms with Crippen molar-refractivity contribution in [2.24, 2.45) is 5.73 Å². The average Bonchev–Trinajstić information content (AvgIpc) is 2.47. The number of piperazine rings is 1. The smallest absolute Gasteiger partial charge is 0.239 e. The van der Waals surface area contributed by atoms with Crippen molar-refractivity contribution in [1.29, 1.82) is 0 Å². The van der Waals surface area contributed by atoms with Gasteiger partial charge in [-0.1, -0.05) is 25.5 Å². The minimum atomic E-state index is -0.371. The fraction of sp³-hybridized carbons (Fsp3) is 0.562. The number of hydrogen-bond acceptors (Lipinski definition) is 3. The van der Waals surface area contributed by atoms with Crippen LogP contribution in [0, 0.1) is 5.82 Å². The molecule has 1 fully saturated rings. The first-order valence-corrected chi connectivity index (χ1v) is 7.61. The zero-order valence-electron chi connectivity index (χ0n) is 12.6. The van der Waals surface area contributed by atoms with Gasteiger partial charge >= 0.3 is 0 Å². The summed E-state index contributed by atoms with van der Waals surface area (Å²) in [4.78, 5) is 16.2. The van der Waals surface area contributed by atoms with Crippen LogP contribution in [0.15, 0.2) is 24.3 Å². The van der Waals surface area contributed by atoms with Crippen LogP contribution in [0.25, 0.3) is 0 Å². The van der Waals surface area contributed by atoms with Crippen LogP contribution in [-0.2, 0) is 11.3 Å². The first-order valence-electron chi connectivity index (χ1n) is 7.61. The Balaban J connectivity index is 1.82. The van der Waals surface area contributed by atoms with Crippen molar-refractivity contribution in [3.05, 3.63) is 35.6 Å². The van der Waals surface area contributed by atoms with Crippen molar-refractivity contribution in [2.45, 2.75) is 32.4 Å². The number of nitrogens with two attached hydrogens (primary N) is 1. The summed E-state index contributed by atoms with van der Waals surface area (Å²) in [5.74, 6) is -0.144. The highest BCUT2D eigenvalue weighted by Crippen LogP contribution is 2.11. The number of hydrogen-bond donors (Lipinski definition) is 1. The molecule has 5 heteroatoms. The third-order valence-corrected chi connectivity index (χ3v) is 3.90. The van der Waals surface area contributed by atoms with Gasteiger partial charge in [0.15, 0.2) is 0 Å². The number of rotatable bonds is 5. The summed E-state index contributed by atoms with van der Waals surface area (Å²) in [6, 6.07) is 6.31. The van der Waals surface area contributed by atoms with Gasteiger partial charge in [-0.15, -0.1) is 0 Å². The highest BCUT2D eigenvalue weighted by atomic mass is 19.1. The molecule has 0 saturated carbocycles. The molecule has 21 heavy (non-hydrogen) atoms. The maximum Gasteiger partial charge on any atom is 0.239 e. The largest absolute Gasteiger partial charge is 0.339 e. The zero-order valence-corrected chi connectivity index (χ0v) is 12.6. The van der Waals surface area contributed by atoms with E-state index in [0.717, 1.165) is 38.0 Å². The predicted molar refractivity (Wildman–Crippen MR) is 81.1 cm³/mol. The molecule has 1 saturated heterocycles. The molecule has 0 radical (unpaired) electrons. The second-order valence-corrected chi connectivity index (χ2v) is 5.63. The molecule has 4 nitrogen and oxygen atoms in total. The van der Waals surface area contributed by atoms with E-state index in [0.29, 0.717) is 13.1 Å². The molecule has 1 amide bonds. The van der Waals surface area contributed by atoms with E-state index in [9.17, 15) is 9.18 Å². The van der Waals surface area contributed by atoms with Crippen LogP contribution in [0.5, 0.6) is 0 Å². The Bertz CT molecular complexity index is 472. The molecule has 0 aliphatic carbocycles. The second kappa shape index (κ2) is 7.52. The van der Waals surface area contributed by atoms with E-state index in [4.69, 9.17) is 5.73 Å². The summed E-state index contributed by atoms with van der Waals surface area (Å²) >= 11 is 0. The van der Waals surface area contributed by atoms with Crippen molar-refractivity contribution in [3.63, 3.8) is 0 Å². The normalized spacial score (nSPS) is 17.8. The van der Waals surface area contributed by atoms with E-state index < -0.39 is 0 Å². The van der Waals surface area contributed by atoms with E-state index in [1.165, 1.54) is 6.07 Å². The lowest BCUT2D eigenvalue weighted by Crippen LogP contribution is -2.52. The molecular formula is C16H24FN3O. The molecule has 0 bridgehead atoms. The summed E-state index contributed by atoms with van der Waals surface area (Å²) in [6.45, 7) is 5.77. The summed E-state index contributed by atoms with van der Waals surface area (Å²) < 4.78 is 13.2. The highest BCUT2D eigenvalue weighted by molar-refractivity contribution is 5.81. The first kappa shape index (κ1) is 15.9. The standard InChI is InChI=1S/C16H24FN3O/c1-2-4-15(18)16(21)20-9-7-19(8-10-20)12-13-5-3-6-14(17)11-13/h3,5-6,11,15H,2,4,7-10,12,18H2,1H3. The van der Waals surface area contributed by atoms with Crippen LogP contribution >= 0.6 is 0 Å². The van der Waals surface area contributed by atoms with E-state index in [2.05, 4.69) is 4.90 Å². The van der Waals surface area contributed by atoms with Gasteiger partial charge in [0, 0.05) is 32.7 Å². The number of nitrogens with zero attached hydrogens (tertiary/aromatic N) is 2. The minimum absolute atomic E-state index is 0.0576. The molecule has 116 valence electrons. The molecule has 1 unspecified atom stereocenters. The van der Waals surface area contributed by atoms with Gasteiger partial charge in [0.25, 0.3) is 0 Å². The van der Waals surface area contributed by atoms with Crippen molar-refractivity contribution in [3.8, 4) is 0 Å². The van der Waals surface area contributed by atoms with E-state index in [1.807, 2.05) is 17.9 Å². The first-order chi connectivity index (χ1) is 10.1.